The fraction of sp³-hybridized carbons (Fsp3) is 0.167. The predicted octanol–water partition coefficient (Wildman–Crippen LogP) is 3.39. The number of thioether (sulfide) groups is 1. The Hall–Kier alpha value is -3.60. The Labute approximate surface area is 169 Å². The Balaban J connectivity index is 1.66. The smallest absolute Gasteiger partial charge is 0.282 e. The highest BCUT2D eigenvalue weighted by Gasteiger charge is 2.20. The van der Waals surface area contributed by atoms with Gasteiger partial charge in [-0.05, 0) is 18.2 Å². The van der Waals surface area contributed by atoms with Gasteiger partial charge >= 0.3 is 0 Å². The zero-order chi connectivity index (χ0) is 20.8. The van der Waals surface area contributed by atoms with E-state index in [1.807, 2.05) is 0 Å². The highest BCUT2D eigenvalue weighted by Crippen LogP contribution is 2.31. The molecular weight excluding hydrogens is 400 g/mol. The van der Waals surface area contributed by atoms with E-state index in [1.54, 1.807) is 30.3 Å². The number of nitrogens with one attached hydrogen (secondary N) is 1. The second kappa shape index (κ2) is 9.06. The number of methoxy groups -OCH3 is 2. The quantitative estimate of drug-likeness (QED) is 0.333. The summed E-state index contributed by atoms with van der Waals surface area (Å²) in [5, 5.41) is 21.6. The van der Waals surface area contributed by atoms with Crippen LogP contribution in [0, 0.1) is 10.1 Å². The molecule has 1 heterocycles. The van der Waals surface area contributed by atoms with Crippen LogP contribution in [0.25, 0.3) is 11.5 Å². The number of nitrogens with zero attached hydrogens (tertiary/aromatic N) is 3. The van der Waals surface area contributed by atoms with Crippen molar-refractivity contribution >= 4 is 29.0 Å². The van der Waals surface area contributed by atoms with Crippen molar-refractivity contribution in [3.63, 3.8) is 0 Å². The fourth-order valence-corrected chi connectivity index (χ4v) is 2.98. The van der Waals surface area contributed by atoms with Crippen LogP contribution in [-0.2, 0) is 4.79 Å². The van der Waals surface area contributed by atoms with Crippen LogP contribution in [-0.4, -0.2) is 41.0 Å². The van der Waals surface area contributed by atoms with Crippen LogP contribution < -0.4 is 14.8 Å². The molecule has 2 aromatic carbocycles. The van der Waals surface area contributed by atoms with Crippen molar-refractivity contribution < 1.29 is 23.6 Å². The first-order valence-corrected chi connectivity index (χ1v) is 9.22. The van der Waals surface area contributed by atoms with Crippen molar-refractivity contribution in [2.24, 2.45) is 0 Å². The molecule has 0 saturated heterocycles. The minimum Gasteiger partial charge on any atom is -0.497 e. The molecule has 1 aromatic heterocycles. The first kappa shape index (κ1) is 20.1. The van der Waals surface area contributed by atoms with Gasteiger partial charge in [-0.2, -0.15) is 0 Å². The van der Waals surface area contributed by atoms with Crippen LogP contribution in [0.1, 0.15) is 0 Å². The van der Waals surface area contributed by atoms with Crippen LogP contribution in [0.4, 0.5) is 11.4 Å². The number of aromatic nitrogens is 2. The molecule has 1 amide bonds. The van der Waals surface area contributed by atoms with E-state index >= 15 is 0 Å². The number of ether oxygens (including phenoxy) is 2. The summed E-state index contributed by atoms with van der Waals surface area (Å²) in [5.74, 6) is 0.723. The number of carbonyl (C=O) groups is 1. The summed E-state index contributed by atoms with van der Waals surface area (Å²) in [6, 6.07) is 11.1. The third-order valence-corrected chi connectivity index (χ3v) is 4.56. The SMILES string of the molecule is COc1ccc(OC)c(NC(=O)CSc2nnc(-c3ccccc3[N+](=O)[O-])o2)c1. The lowest BCUT2D eigenvalue weighted by Gasteiger charge is -2.11. The summed E-state index contributed by atoms with van der Waals surface area (Å²) < 4.78 is 15.8. The number of hydrogen-bond acceptors (Lipinski definition) is 9. The van der Waals surface area contributed by atoms with Gasteiger partial charge in [0.1, 0.15) is 17.1 Å². The maximum atomic E-state index is 12.3. The molecule has 0 unspecified atom stereocenters. The number of hydrogen-bond donors (Lipinski definition) is 1. The van der Waals surface area contributed by atoms with Gasteiger partial charge in [-0.25, -0.2) is 0 Å². The standard InChI is InChI=1S/C18H16N4O6S/c1-26-11-7-8-15(27-2)13(9-11)19-16(23)10-29-18-21-20-17(28-18)12-5-3-4-6-14(12)22(24)25/h3-9H,10H2,1-2H3,(H,19,23). The fourth-order valence-electron chi connectivity index (χ4n) is 2.42. The number of anilines is 1. The van der Waals surface area contributed by atoms with Crippen molar-refractivity contribution in [1.29, 1.82) is 0 Å². The predicted molar refractivity (Wildman–Crippen MR) is 105 cm³/mol. The highest BCUT2D eigenvalue weighted by atomic mass is 32.2. The van der Waals surface area contributed by atoms with Crippen molar-refractivity contribution in [1.82, 2.24) is 10.2 Å². The first-order valence-electron chi connectivity index (χ1n) is 8.23. The van der Waals surface area contributed by atoms with Gasteiger partial charge in [-0.15, -0.1) is 10.2 Å². The molecule has 0 aliphatic rings. The van der Waals surface area contributed by atoms with E-state index in [2.05, 4.69) is 15.5 Å². The van der Waals surface area contributed by atoms with Gasteiger partial charge in [0.15, 0.2) is 0 Å². The molecule has 0 aliphatic heterocycles. The van der Waals surface area contributed by atoms with E-state index < -0.39 is 4.92 Å². The summed E-state index contributed by atoms with van der Waals surface area (Å²) in [6.45, 7) is 0. The minimum absolute atomic E-state index is 0.00896. The van der Waals surface area contributed by atoms with E-state index in [9.17, 15) is 14.9 Å². The molecule has 1 N–H and O–H groups in total. The number of carbonyl (C=O) groups excluding carboxylic acids is 1. The third kappa shape index (κ3) is 4.82. The van der Waals surface area contributed by atoms with E-state index in [0.717, 1.165) is 11.8 Å². The van der Waals surface area contributed by atoms with Gasteiger partial charge in [0.25, 0.3) is 16.8 Å². The van der Waals surface area contributed by atoms with Gasteiger partial charge in [0.05, 0.1) is 30.6 Å². The molecule has 29 heavy (non-hydrogen) atoms. The lowest BCUT2D eigenvalue weighted by molar-refractivity contribution is -0.384. The Bertz CT molecular complexity index is 1040. The molecular formula is C18H16N4O6S. The average molecular weight is 416 g/mol. The van der Waals surface area contributed by atoms with Gasteiger partial charge in [0, 0.05) is 12.1 Å². The Morgan fingerprint density at radius 2 is 2.00 bits per heavy atom. The molecule has 3 aromatic rings. The lowest BCUT2D eigenvalue weighted by atomic mass is 10.2. The second-order valence-electron chi connectivity index (χ2n) is 5.55. The molecule has 11 heteroatoms. The zero-order valence-corrected chi connectivity index (χ0v) is 16.3. The molecule has 0 aliphatic carbocycles. The minimum atomic E-state index is -0.526. The van der Waals surface area contributed by atoms with Gasteiger partial charge in [-0.3, -0.25) is 14.9 Å². The molecule has 10 nitrogen and oxygen atoms in total. The van der Waals surface area contributed by atoms with E-state index in [-0.39, 0.29) is 34.0 Å². The van der Waals surface area contributed by atoms with Crippen LogP contribution in [0.5, 0.6) is 11.5 Å². The van der Waals surface area contributed by atoms with Crippen LogP contribution in [0.15, 0.2) is 52.1 Å². The summed E-state index contributed by atoms with van der Waals surface area (Å²) in [5.41, 5.74) is 0.529. The molecule has 150 valence electrons. The topological polar surface area (TPSA) is 130 Å². The maximum Gasteiger partial charge on any atom is 0.282 e. The van der Waals surface area contributed by atoms with E-state index in [4.69, 9.17) is 13.9 Å². The number of nitro groups is 1. The molecule has 0 spiro atoms. The number of rotatable bonds is 8. The Morgan fingerprint density at radius 3 is 2.72 bits per heavy atom. The normalized spacial score (nSPS) is 10.4. The summed E-state index contributed by atoms with van der Waals surface area (Å²) >= 11 is 1.01. The largest absolute Gasteiger partial charge is 0.497 e. The van der Waals surface area contributed by atoms with Crippen molar-refractivity contribution in [3.8, 4) is 23.0 Å². The van der Waals surface area contributed by atoms with Crippen LogP contribution >= 0.6 is 11.8 Å². The molecule has 0 saturated carbocycles. The number of para-hydroxylation sites is 1. The lowest BCUT2D eigenvalue weighted by Crippen LogP contribution is -2.14. The van der Waals surface area contributed by atoms with E-state index in [0.29, 0.717) is 17.2 Å². The Morgan fingerprint density at radius 1 is 1.21 bits per heavy atom. The summed E-state index contributed by atoms with van der Waals surface area (Å²) in [4.78, 5) is 22.9. The molecule has 0 bridgehead atoms. The van der Waals surface area contributed by atoms with Gasteiger partial charge in [0.2, 0.25) is 5.91 Å². The monoisotopic (exact) mass is 416 g/mol. The number of nitro benzene ring substituents is 1. The van der Waals surface area contributed by atoms with Gasteiger partial charge in [-0.1, -0.05) is 23.9 Å². The highest BCUT2D eigenvalue weighted by molar-refractivity contribution is 7.99. The maximum absolute atomic E-state index is 12.3. The van der Waals surface area contributed by atoms with Crippen molar-refractivity contribution in [2.45, 2.75) is 5.22 Å². The van der Waals surface area contributed by atoms with Crippen LogP contribution in [0.3, 0.4) is 0 Å². The first-order chi connectivity index (χ1) is 14.0. The number of benzene rings is 2. The Kier molecular flexibility index (Phi) is 6.29. The summed E-state index contributed by atoms with van der Waals surface area (Å²) in [6.07, 6.45) is 0. The molecule has 3 rings (SSSR count). The van der Waals surface area contributed by atoms with Crippen LogP contribution in [0.2, 0.25) is 0 Å². The van der Waals surface area contributed by atoms with Gasteiger partial charge < -0.3 is 19.2 Å². The van der Waals surface area contributed by atoms with Crippen molar-refractivity contribution in [2.75, 3.05) is 25.3 Å². The summed E-state index contributed by atoms with van der Waals surface area (Å²) in [7, 11) is 3.02. The molecule has 0 radical (unpaired) electrons. The molecule has 0 atom stereocenters. The van der Waals surface area contributed by atoms with Crippen molar-refractivity contribution in [3.05, 3.63) is 52.6 Å². The zero-order valence-electron chi connectivity index (χ0n) is 15.4. The number of amides is 1. The second-order valence-corrected chi connectivity index (χ2v) is 6.48. The third-order valence-electron chi connectivity index (χ3n) is 3.75. The molecule has 0 fully saturated rings. The van der Waals surface area contributed by atoms with E-state index in [1.165, 1.54) is 26.4 Å². The average Bonchev–Trinajstić information content (AvgIpc) is 3.21.